The fourth-order valence-corrected chi connectivity index (χ4v) is 3.51. The van der Waals surface area contributed by atoms with Gasteiger partial charge >= 0.3 is 0 Å². The van der Waals surface area contributed by atoms with Crippen LogP contribution in [0.2, 0.25) is 0 Å². The van der Waals surface area contributed by atoms with Gasteiger partial charge in [0.1, 0.15) is 13.2 Å². The average Bonchev–Trinajstić information content (AvgIpc) is 2.92. The zero-order valence-electron chi connectivity index (χ0n) is 11.1. The Bertz CT molecular complexity index is 444. The minimum atomic E-state index is 0.630. The molecule has 1 fully saturated rings. The van der Waals surface area contributed by atoms with E-state index >= 15 is 0 Å². The zero-order valence-corrected chi connectivity index (χ0v) is 12.7. The predicted molar refractivity (Wildman–Crippen MR) is 78.8 cm³/mol. The Morgan fingerprint density at radius 1 is 1.16 bits per heavy atom. The largest absolute Gasteiger partial charge is 0.486 e. The molecule has 1 aromatic rings. The molecule has 3 rings (SSSR count). The van der Waals surface area contributed by atoms with Gasteiger partial charge in [-0.05, 0) is 58.9 Å². The van der Waals surface area contributed by atoms with E-state index in [1.165, 1.54) is 31.2 Å². The quantitative estimate of drug-likeness (QED) is 0.919. The molecule has 1 aliphatic carbocycles. The van der Waals surface area contributed by atoms with Gasteiger partial charge in [-0.2, -0.15) is 0 Å². The van der Waals surface area contributed by atoms with Crippen molar-refractivity contribution in [3.8, 4) is 11.5 Å². The number of ether oxygens (including phenoxy) is 2. The van der Waals surface area contributed by atoms with Crippen LogP contribution >= 0.6 is 15.9 Å². The first-order chi connectivity index (χ1) is 9.33. The number of nitrogens with one attached hydrogen (secondary N) is 1. The molecule has 0 aromatic heterocycles. The summed E-state index contributed by atoms with van der Waals surface area (Å²) in [5, 5.41) is 3.56. The van der Waals surface area contributed by atoms with Gasteiger partial charge in [0, 0.05) is 6.54 Å². The number of fused-ring (bicyclic) bond motifs is 1. The molecule has 3 nitrogen and oxygen atoms in total. The summed E-state index contributed by atoms with van der Waals surface area (Å²) in [5.41, 5.74) is 1.24. The molecule has 1 saturated carbocycles. The highest BCUT2D eigenvalue weighted by Gasteiger charge is 2.17. The maximum Gasteiger partial charge on any atom is 0.175 e. The third kappa shape index (κ3) is 3.23. The van der Waals surface area contributed by atoms with Crippen molar-refractivity contribution < 1.29 is 9.47 Å². The summed E-state index contributed by atoms with van der Waals surface area (Å²) in [7, 11) is 0. The van der Waals surface area contributed by atoms with Gasteiger partial charge in [0.15, 0.2) is 11.5 Å². The lowest BCUT2D eigenvalue weighted by molar-refractivity contribution is 0.170. The summed E-state index contributed by atoms with van der Waals surface area (Å²) >= 11 is 3.56. The van der Waals surface area contributed by atoms with E-state index in [9.17, 15) is 0 Å². The summed E-state index contributed by atoms with van der Waals surface area (Å²) in [6.45, 7) is 3.29. The third-order valence-corrected chi connectivity index (χ3v) is 4.48. The molecule has 4 heteroatoms. The minimum absolute atomic E-state index is 0.630. The summed E-state index contributed by atoms with van der Waals surface area (Å²) in [4.78, 5) is 0. The van der Waals surface area contributed by atoms with Crippen molar-refractivity contribution in [2.24, 2.45) is 5.92 Å². The molecular weight excluding hydrogens is 306 g/mol. The lowest BCUT2D eigenvalue weighted by atomic mass is 10.1. The smallest absolute Gasteiger partial charge is 0.175 e. The van der Waals surface area contributed by atoms with Gasteiger partial charge < -0.3 is 14.8 Å². The Labute approximate surface area is 122 Å². The molecule has 1 N–H and O–H groups in total. The van der Waals surface area contributed by atoms with Crippen molar-refractivity contribution in [1.82, 2.24) is 5.32 Å². The van der Waals surface area contributed by atoms with E-state index in [1.807, 2.05) is 0 Å². The van der Waals surface area contributed by atoms with Gasteiger partial charge in [0.25, 0.3) is 0 Å². The van der Waals surface area contributed by atoms with Crippen molar-refractivity contribution >= 4 is 15.9 Å². The van der Waals surface area contributed by atoms with Crippen LogP contribution in [0.15, 0.2) is 16.6 Å². The van der Waals surface area contributed by atoms with Crippen LogP contribution in [0.3, 0.4) is 0 Å². The molecule has 0 saturated heterocycles. The topological polar surface area (TPSA) is 30.5 Å². The first-order valence-corrected chi connectivity index (χ1v) is 7.91. The second kappa shape index (κ2) is 6.14. The van der Waals surface area contributed by atoms with Gasteiger partial charge in [-0.15, -0.1) is 0 Å². The molecule has 104 valence electrons. The molecule has 0 spiro atoms. The predicted octanol–water partition coefficient (Wildman–Crippen LogP) is 3.50. The van der Waals surface area contributed by atoms with E-state index in [4.69, 9.17) is 9.47 Å². The Morgan fingerprint density at radius 2 is 1.95 bits per heavy atom. The Kier molecular flexibility index (Phi) is 4.28. The fourth-order valence-electron chi connectivity index (χ4n) is 2.90. The van der Waals surface area contributed by atoms with Crippen molar-refractivity contribution in [3.63, 3.8) is 0 Å². The standard InChI is InChI=1S/C15H20BrNO2/c16-13-7-12(8-14-15(13)19-6-5-18-14)10-17-9-11-3-1-2-4-11/h7-8,11,17H,1-6,9-10H2. The van der Waals surface area contributed by atoms with Crippen molar-refractivity contribution in [1.29, 1.82) is 0 Å². The Balaban J connectivity index is 1.59. The summed E-state index contributed by atoms with van der Waals surface area (Å²) in [5.74, 6) is 2.57. The van der Waals surface area contributed by atoms with Crippen LogP contribution in [0.5, 0.6) is 11.5 Å². The summed E-state index contributed by atoms with van der Waals surface area (Å²) < 4.78 is 12.2. The second-order valence-electron chi connectivity index (χ2n) is 5.38. The number of hydrogen-bond acceptors (Lipinski definition) is 3. The Hall–Kier alpha value is -0.740. The molecule has 1 aliphatic heterocycles. The first-order valence-electron chi connectivity index (χ1n) is 7.11. The molecule has 0 atom stereocenters. The van der Waals surface area contributed by atoms with Crippen LogP contribution in [-0.2, 0) is 6.54 Å². The van der Waals surface area contributed by atoms with Crippen LogP contribution < -0.4 is 14.8 Å². The van der Waals surface area contributed by atoms with E-state index in [0.29, 0.717) is 13.2 Å². The normalized spacial score (nSPS) is 18.8. The van der Waals surface area contributed by atoms with Crippen LogP contribution in [0.1, 0.15) is 31.2 Å². The molecule has 0 bridgehead atoms. The van der Waals surface area contributed by atoms with E-state index in [2.05, 4.69) is 33.4 Å². The second-order valence-corrected chi connectivity index (χ2v) is 6.24. The number of benzene rings is 1. The molecular formula is C15H20BrNO2. The van der Waals surface area contributed by atoms with Crippen LogP contribution in [0.25, 0.3) is 0 Å². The van der Waals surface area contributed by atoms with Gasteiger partial charge in [-0.3, -0.25) is 0 Å². The van der Waals surface area contributed by atoms with E-state index in [1.54, 1.807) is 0 Å². The van der Waals surface area contributed by atoms with Gasteiger partial charge in [0.2, 0.25) is 0 Å². The maximum absolute atomic E-state index is 5.64. The SMILES string of the molecule is Brc1cc(CNCC2CCCC2)cc2c1OCCO2. The lowest BCUT2D eigenvalue weighted by Crippen LogP contribution is -2.21. The van der Waals surface area contributed by atoms with Gasteiger partial charge in [-0.1, -0.05) is 12.8 Å². The van der Waals surface area contributed by atoms with Crippen LogP contribution in [0.4, 0.5) is 0 Å². The highest BCUT2D eigenvalue weighted by Crippen LogP contribution is 2.38. The van der Waals surface area contributed by atoms with E-state index in [0.717, 1.165) is 35.0 Å². The molecule has 0 amide bonds. The highest BCUT2D eigenvalue weighted by molar-refractivity contribution is 9.10. The first kappa shape index (κ1) is 13.3. The zero-order chi connectivity index (χ0) is 13.1. The fraction of sp³-hybridized carbons (Fsp3) is 0.600. The van der Waals surface area contributed by atoms with Gasteiger partial charge in [0.05, 0.1) is 4.47 Å². The molecule has 1 heterocycles. The maximum atomic E-state index is 5.64. The number of rotatable bonds is 4. The molecule has 2 aliphatic rings. The van der Waals surface area contributed by atoms with Gasteiger partial charge in [-0.25, -0.2) is 0 Å². The molecule has 0 radical (unpaired) electrons. The highest BCUT2D eigenvalue weighted by atomic mass is 79.9. The van der Waals surface area contributed by atoms with Crippen LogP contribution in [0, 0.1) is 5.92 Å². The molecule has 0 unspecified atom stereocenters. The van der Waals surface area contributed by atoms with E-state index < -0.39 is 0 Å². The molecule has 1 aromatic carbocycles. The van der Waals surface area contributed by atoms with Crippen molar-refractivity contribution in [3.05, 3.63) is 22.2 Å². The van der Waals surface area contributed by atoms with Crippen molar-refractivity contribution in [2.75, 3.05) is 19.8 Å². The summed E-state index contributed by atoms with van der Waals surface area (Å²) in [6.07, 6.45) is 5.58. The molecule has 19 heavy (non-hydrogen) atoms. The average molecular weight is 326 g/mol. The monoisotopic (exact) mass is 325 g/mol. The van der Waals surface area contributed by atoms with Crippen LogP contribution in [-0.4, -0.2) is 19.8 Å². The Morgan fingerprint density at radius 3 is 2.79 bits per heavy atom. The lowest BCUT2D eigenvalue weighted by Gasteiger charge is -2.20. The third-order valence-electron chi connectivity index (χ3n) is 3.89. The number of halogens is 1. The van der Waals surface area contributed by atoms with Crippen molar-refractivity contribution in [2.45, 2.75) is 32.2 Å². The minimum Gasteiger partial charge on any atom is -0.486 e. The number of hydrogen-bond donors (Lipinski definition) is 1. The summed E-state index contributed by atoms with van der Waals surface area (Å²) in [6, 6.07) is 4.20. The van der Waals surface area contributed by atoms with E-state index in [-0.39, 0.29) is 0 Å².